The lowest BCUT2D eigenvalue weighted by Crippen LogP contribution is -2.43. The van der Waals surface area contributed by atoms with Crippen LogP contribution in [0.25, 0.3) is 0 Å². The van der Waals surface area contributed by atoms with Gasteiger partial charge in [0.05, 0.1) is 23.8 Å². The van der Waals surface area contributed by atoms with Crippen molar-refractivity contribution in [1.82, 2.24) is 15.6 Å². The van der Waals surface area contributed by atoms with Crippen LogP contribution in [0.2, 0.25) is 0 Å². The molecule has 0 unspecified atom stereocenters. The summed E-state index contributed by atoms with van der Waals surface area (Å²) < 4.78 is 0. The van der Waals surface area contributed by atoms with Crippen LogP contribution in [-0.4, -0.2) is 17.4 Å². The summed E-state index contributed by atoms with van der Waals surface area (Å²) in [7, 11) is 0. The largest absolute Gasteiger partial charge is 0.348 e. The number of aryl methyl sites for hydroxylation is 2. The molecule has 4 nitrogen and oxygen atoms in total. The van der Waals surface area contributed by atoms with Crippen molar-refractivity contribution < 1.29 is 4.79 Å². The molecule has 2 aromatic rings. The van der Waals surface area contributed by atoms with Crippen LogP contribution in [0.3, 0.4) is 0 Å². The minimum atomic E-state index is -0.312. The number of hydrogen-bond acceptors (Lipinski definition) is 5. The van der Waals surface area contributed by atoms with Crippen LogP contribution >= 0.6 is 22.7 Å². The lowest BCUT2D eigenvalue weighted by atomic mass is 10.1. The Labute approximate surface area is 140 Å². The Bertz CT molecular complexity index is 612. The standard InChI is InChI=1S/C16H23N3OS2/c1-10-12(3)22-15(19-10)16(4,5)17-9-14(20)18-11(2)13-7-6-8-21-13/h6-8,11,17H,9H2,1-5H3,(H,18,20)/t11-/m1/s1. The normalized spacial score (nSPS) is 13.1. The van der Waals surface area contributed by atoms with Gasteiger partial charge in [0, 0.05) is 9.75 Å². The van der Waals surface area contributed by atoms with E-state index in [1.165, 1.54) is 9.75 Å². The van der Waals surface area contributed by atoms with E-state index in [2.05, 4.69) is 36.4 Å². The molecule has 0 spiro atoms. The average molecular weight is 338 g/mol. The summed E-state index contributed by atoms with van der Waals surface area (Å²) in [5.74, 6) is -0.000949. The highest BCUT2D eigenvalue weighted by molar-refractivity contribution is 7.11. The molecule has 6 heteroatoms. The number of thiophene rings is 1. The molecule has 0 aliphatic heterocycles. The van der Waals surface area contributed by atoms with E-state index in [0.29, 0.717) is 0 Å². The van der Waals surface area contributed by atoms with Gasteiger partial charge >= 0.3 is 0 Å². The monoisotopic (exact) mass is 337 g/mol. The van der Waals surface area contributed by atoms with Gasteiger partial charge in [-0.05, 0) is 46.1 Å². The van der Waals surface area contributed by atoms with Crippen LogP contribution in [0.1, 0.15) is 47.3 Å². The van der Waals surface area contributed by atoms with Gasteiger partial charge in [-0.1, -0.05) is 6.07 Å². The van der Waals surface area contributed by atoms with Crippen molar-refractivity contribution in [3.8, 4) is 0 Å². The first kappa shape index (κ1) is 17.1. The molecule has 0 fully saturated rings. The molecule has 0 saturated heterocycles. The Balaban J connectivity index is 1.89. The smallest absolute Gasteiger partial charge is 0.234 e. The summed E-state index contributed by atoms with van der Waals surface area (Å²) in [6.45, 7) is 10.5. The van der Waals surface area contributed by atoms with Crippen LogP contribution in [0.5, 0.6) is 0 Å². The zero-order valence-corrected chi connectivity index (χ0v) is 15.3. The second kappa shape index (κ2) is 6.89. The highest BCUT2D eigenvalue weighted by atomic mass is 32.1. The predicted molar refractivity (Wildman–Crippen MR) is 93.5 cm³/mol. The number of rotatable bonds is 6. The molecule has 0 saturated carbocycles. The highest BCUT2D eigenvalue weighted by Crippen LogP contribution is 2.27. The van der Waals surface area contributed by atoms with E-state index in [1.54, 1.807) is 22.7 Å². The van der Waals surface area contributed by atoms with Crippen molar-refractivity contribution in [3.63, 3.8) is 0 Å². The molecule has 0 aromatic carbocycles. The maximum absolute atomic E-state index is 12.1. The van der Waals surface area contributed by atoms with Gasteiger partial charge in [-0.25, -0.2) is 4.98 Å². The average Bonchev–Trinajstić information content (AvgIpc) is 3.08. The molecule has 0 radical (unpaired) electrons. The molecule has 22 heavy (non-hydrogen) atoms. The quantitative estimate of drug-likeness (QED) is 0.848. The number of amides is 1. The molecule has 2 rings (SSSR count). The number of carbonyl (C=O) groups excluding carboxylic acids is 1. The predicted octanol–water partition coefficient (Wildman–Crippen LogP) is 3.52. The molecule has 0 aliphatic rings. The first-order valence-corrected chi connectivity index (χ1v) is 9.01. The minimum Gasteiger partial charge on any atom is -0.348 e. The summed E-state index contributed by atoms with van der Waals surface area (Å²) in [5, 5.41) is 9.36. The first-order valence-electron chi connectivity index (χ1n) is 7.32. The third kappa shape index (κ3) is 4.15. The van der Waals surface area contributed by atoms with E-state index in [4.69, 9.17) is 0 Å². The minimum absolute atomic E-state index is 0.000949. The fraction of sp³-hybridized carbons (Fsp3) is 0.500. The van der Waals surface area contributed by atoms with E-state index < -0.39 is 0 Å². The van der Waals surface area contributed by atoms with Crippen LogP contribution in [0, 0.1) is 13.8 Å². The summed E-state index contributed by atoms with van der Waals surface area (Å²) in [5.41, 5.74) is 0.748. The Morgan fingerprint density at radius 3 is 2.68 bits per heavy atom. The Morgan fingerprint density at radius 1 is 1.41 bits per heavy atom. The van der Waals surface area contributed by atoms with E-state index in [0.717, 1.165) is 10.7 Å². The van der Waals surface area contributed by atoms with E-state index in [-0.39, 0.29) is 24.0 Å². The van der Waals surface area contributed by atoms with Gasteiger partial charge in [0.1, 0.15) is 5.01 Å². The molecule has 2 aromatic heterocycles. The molecule has 2 N–H and O–H groups in total. The molecule has 2 heterocycles. The van der Waals surface area contributed by atoms with Crippen molar-refractivity contribution in [2.45, 2.75) is 46.2 Å². The number of thiazole rings is 1. The SMILES string of the molecule is Cc1nc(C(C)(C)NCC(=O)N[C@H](C)c2cccs2)sc1C. The Hall–Kier alpha value is -1.24. The lowest BCUT2D eigenvalue weighted by Gasteiger charge is -2.24. The van der Waals surface area contributed by atoms with Gasteiger partial charge in [0.2, 0.25) is 5.91 Å². The molecule has 1 atom stereocenters. The number of nitrogens with one attached hydrogen (secondary N) is 2. The number of aromatic nitrogens is 1. The topological polar surface area (TPSA) is 54.0 Å². The number of carbonyl (C=O) groups is 1. The molecule has 0 bridgehead atoms. The number of hydrogen-bond donors (Lipinski definition) is 2. The molecule has 1 amide bonds. The zero-order valence-electron chi connectivity index (χ0n) is 13.7. The highest BCUT2D eigenvalue weighted by Gasteiger charge is 2.25. The van der Waals surface area contributed by atoms with Crippen molar-refractivity contribution in [3.05, 3.63) is 38.0 Å². The first-order chi connectivity index (χ1) is 10.3. The fourth-order valence-electron chi connectivity index (χ4n) is 2.02. The van der Waals surface area contributed by atoms with Gasteiger partial charge in [0.15, 0.2) is 0 Å². The maximum Gasteiger partial charge on any atom is 0.234 e. The van der Waals surface area contributed by atoms with Gasteiger partial charge in [-0.3, -0.25) is 10.1 Å². The van der Waals surface area contributed by atoms with Crippen molar-refractivity contribution in [2.75, 3.05) is 6.54 Å². The molecular weight excluding hydrogens is 314 g/mol. The van der Waals surface area contributed by atoms with Crippen molar-refractivity contribution in [2.24, 2.45) is 0 Å². The second-order valence-corrected chi connectivity index (χ2v) is 8.13. The molecule has 120 valence electrons. The van der Waals surface area contributed by atoms with Crippen LogP contribution in [0.15, 0.2) is 17.5 Å². The van der Waals surface area contributed by atoms with Crippen LogP contribution < -0.4 is 10.6 Å². The van der Waals surface area contributed by atoms with E-state index in [9.17, 15) is 4.79 Å². The van der Waals surface area contributed by atoms with Crippen molar-refractivity contribution in [1.29, 1.82) is 0 Å². The third-order valence-electron chi connectivity index (χ3n) is 3.60. The van der Waals surface area contributed by atoms with Crippen molar-refractivity contribution >= 4 is 28.6 Å². The fourth-order valence-corrected chi connectivity index (χ4v) is 3.75. The summed E-state index contributed by atoms with van der Waals surface area (Å²) in [4.78, 5) is 19.1. The second-order valence-electron chi connectivity index (χ2n) is 5.94. The van der Waals surface area contributed by atoms with Crippen LogP contribution in [-0.2, 0) is 10.3 Å². The van der Waals surface area contributed by atoms with Gasteiger partial charge < -0.3 is 5.32 Å². The van der Waals surface area contributed by atoms with Gasteiger partial charge in [-0.15, -0.1) is 22.7 Å². The summed E-state index contributed by atoms with van der Waals surface area (Å²) in [6, 6.07) is 4.08. The van der Waals surface area contributed by atoms with Crippen LogP contribution in [0.4, 0.5) is 0 Å². The van der Waals surface area contributed by atoms with Gasteiger partial charge in [-0.2, -0.15) is 0 Å². The Kier molecular flexibility index (Phi) is 5.36. The maximum atomic E-state index is 12.1. The molecule has 0 aliphatic carbocycles. The Morgan fingerprint density at radius 2 is 2.14 bits per heavy atom. The number of nitrogens with zero attached hydrogens (tertiary/aromatic N) is 1. The van der Waals surface area contributed by atoms with E-state index in [1.807, 2.05) is 31.4 Å². The van der Waals surface area contributed by atoms with Gasteiger partial charge in [0.25, 0.3) is 0 Å². The summed E-state index contributed by atoms with van der Waals surface area (Å²) >= 11 is 3.34. The third-order valence-corrected chi connectivity index (χ3v) is 6.05. The molecular formula is C16H23N3OS2. The summed E-state index contributed by atoms with van der Waals surface area (Å²) in [6.07, 6.45) is 0. The lowest BCUT2D eigenvalue weighted by molar-refractivity contribution is -0.121. The zero-order chi connectivity index (χ0) is 16.3. The van der Waals surface area contributed by atoms with E-state index >= 15 is 0 Å².